The van der Waals surface area contributed by atoms with Gasteiger partial charge in [0.1, 0.15) is 5.75 Å². The van der Waals surface area contributed by atoms with Crippen LogP contribution >= 0.6 is 11.6 Å². The van der Waals surface area contributed by atoms with Gasteiger partial charge in [0, 0.05) is 11.6 Å². The van der Waals surface area contributed by atoms with Gasteiger partial charge in [-0.15, -0.1) is 0 Å². The summed E-state index contributed by atoms with van der Waals surface area (Å²) in [6, 6.07) is 14.0. The zero-order valence-corrected chi connectivity index (χ0v) is 11.9. The fourth-order valence-corrected chi connectivity index (χ4v) is 2.15. The standard InChI is InChI=1S/C16H18ClNO/c1-11(2)19-15-7-5-12(6-8-15)13-3-4-14(10-18)16(17)9-13/h3-9,11H,10,18H2,1-2H3. The van der Waals surface area contributed by atoms with E-state index in [0.29, 0.717) is 11.6 Å². The van der Waals surface area contributed by atoms with Crippen molar-refractivity contribution in [2.75, 3.05) is 0 Å². The third-order valence-electron chi connectivity index (χ3n) is 2.83. The molecule has 2 nitrogen and oxygen atoms in total. The third-order valence-corrected chi connectivity index (χ3v) is 3.18. The first kappa shape index (κ1) is 13.9. The Morgan fingerprint density at radius 3 is 2.21 bits per heavy atom. The van der Waals surface area contributed by atoms with Gasteiger partial charge in [0.05, 0.1) is 6.10 Å². The van der Waals surface area contributed by atoms with Crippen LogP contribution in [-0.4, -0.2) is 6.10 Å². The van der Waals surface area contributed by atoms with Crippen LogP contribution in [0.2, 0.25) is 5.02 Å². The van der Waals surface area contributed by atoms with E-state index in [9.17, 15) is 0 Å². The Labute approximate surface area is 119 Å². The number of hydrogen-bond donors (Lipinski definition) is 1. The van der Waals surface area contributed by atoms with Gasteiger partial charge in [0.25, 0.3) is 0 Å². The van der Waals surface area contributed by atoms with Crippen molar-refractivity contribution in [1.29, 1.82) is 0 Å². The zero-order chi connectivity index (χ0) is 13.8. The number of rotatable bonds is 4. The van der Waals surface area contributed by atoms with Crippen LogP contribution in [0.5, 0.6) is 5.75 Å². The second-order valence-corrected chi connectivity index (χ2v) is 5.11. The molecule has 0 spiro atoms. The molecule has 0 aliphatic heterocycles. The van der Waals surface area contributed by atoms with E-state index in [0.717, 1.165) is 22.4 Å². The van der Waals surface area contributed by atoms with Gasteiger partial charge in [-0.3, -0.25) is 0 Å². The van der Waals surface area contributed by atoms with Crippen LogP contribution in [0.4, 0.5) is 0 Å². The molecule has 3 heteroatoms. The van der Waals surface area contributed by atoms with Gasteiger partial charge in [-0.05, 0) is 48.7 Å². The van der Waals surface area contributed by atoms with Crippen molar-refractivity contribution in [2.24, 2.45) is 5.73 Å². The van der Waals surface area contributed by atoms with Gasteiger partial charge in [0.15, 0.2) is 0 Å². The SMILES string of the molecule is CC(C)Oc1ccc(-c2ccc(CN)c(Cl)c2)cc1. The molecule has 0 fully saturated rings. The van der Waals surface area contributed by atoms with Crippen LogP contribution in [0.1, 0.15) is 19.4 Å². The van der Waals surface area contributed by atoms with E-state index < -0.39 is 0 Å². The minimum absolute atomic E-state index is 0.184. The largest absolute Gasteiger partial charge is 0.491 e. The van der Waals surface area contributed by atoms with Gasteiger partial charge in [0.2, 0.25) is 0 Å². The minimum atomic E-state index is 0.184. The van der Waals surface area contributed by atoms with Crippen molar-refractivity contribution in [3.8, 4) is 16.9 Å². The number of benzene rings is 2. The normalized spacial score (nSPS) is 10.8. The summed E-state index contributed by atoms with van der Waals surface area (Å²) in [7, 11) is 0. The lowest BCUT2D eigenvalue weighted by atomic mass is 10.0. The van der Waals surface area contributed by atoms with Crippen molar-refractivity contribution in [2.45, 2.75) is 26.5 Å². The third kappa shape index (κ3) is 3.49. The second kappa shape index (κ2) is 6.09. The van der Waals surface area contributed by atoms with Crippen molar-refractivity contribution in [3.63, 3.8) is 0 Å². The molecule has 2 rings (SSSR count). The Morgan fingerprint density at radius 1 is 1.05 bits per heavy atom. The maximum Gasteiger partial charge on any atom is 0.119 e. The fraction of sp³-hybridized carbons (Fsp3) is 0.250. The van der Waals surface area contributed by atoms with Gasteiger partial charge in [-0.25, -0.2) is 0 Å². The maximum absolute atomic E-state index is 6.17. The monoisotopic (exact) mass is 275 g/mol. The van der Waals surface area contributed by atoms with Gasteiger partial charge in [-0.2, -0.15) is 0 Å². The Balaban J connectivity index is 2.24. The Kier molecular flexibility index (Phi) is 4.46. The van der Waals surface area contributed by atoms with E-state index >= 15 is 0 Å². The Hall–Kier alpha value is -1.51. The van der Waals surface area contributed by atoms with Crippen molar-refractivity contribution < 1.29 is 4.74 Å². The molecule has 2 N–H and O–H groups in total. The highest BCUT2D eigenvalue weighted by molar-refractivity contribution is 6.31. The molecular weight excluding hydrogens is 258 g/mol. The summed E-state index contributed by atoms with van der Waals surface area (Å²) in [5, 5.41) is 0.711. The molecular formula is C16H18ClNO. The molecule has 0 heterocycles. The van der Waals surface area contributed by atoms with Gasteiger partial charge < -0.3 is 10.5 Å². The number of ether oxygens (including phenoxy) is 1. The summed E-state index contributed by atoms with van der Waals surface area (Å²) in [5.41, 5.74) is 8.76. The maximum atomic E-state index is 6.17. The average Bonchev–Trinajstić information content (AvgIpc) is 2.39. The van der Waals surface area contributed by atoms with Crippen LogP contribution in [0.15, 0.2) is 42.5 Å². The topological polar surface area (TPSA) is 35.2 Å². The highest BCUT2D eigenvalue weighted by Crippen LogP contribution is 2.27. The van der Waals surface area contributed by atoms with E-state index in [2.05, 4.69) is 0 Å². The van der Waals surface area contributed by atoms with Crippen LogP contribution < -0.4 is 10.5 Å². The van der Waals surface area contributed by atoms with E-state index in [4.69, 9.17) is 22.1 Å². The first-order valence-electron chi connectivity index (χ1n) is 6.35. The molecule has 2 aromatic rings. The summed E-state index contributed by atoms with van der Waals surface area (Å²) in [6.45, 7) is 4.48. The molecule has 0 radical (unpaired) electrons. The van der Waals surface area contributed by atoms with E-state index in [1.54, 1.807) is 0 Å². The van der Waals surface area contributed by atoms with Crippen molar-refractivity contribution in [1.82, 2.24) is 0 Å². The quantitative estimate of drug-likeness (QED) is 0.905. The summed E-state index contributed by atoms with van der Waals surface area (Å²) >= 11 is 6.17. The van der Waals surface area contributed by atoms with Crippen LogP contribution in [-0.2, 0) is 6.54 Å². The lowest BCUT2D eigenvalue weighted by Crippen LogP contribution is -2.05. The lowest BCUT2D eigenvalue weighted by molar-refractivity contribution is 0.242. The molecule has 0 aliphatic rings. The van der Waals surface area contributed by atoms with Gasteiger partial charge >= 0.3 is 0 Å². The highest BCUT2D eigenvalue weighted by Gasteiger charge is 2.03. The number of halogens is 1. The van der Waals surface area contributed by atoms with Crippen LogP contribution in [0.25, 0.3) is 11.1 Å². The predicted molar refractivity (Wildman–Crippen MR) is 80.5 cm³/mol. The van der Waals surface area contributed by atoms with E-state index in [1.165, 1.54) is 0 Å². The molecule has 19 heavy (non-hydrogen) atoms. The van der Waals surface area contributed by atoms with Crippen molar-refractivity contribution in [3.05, 3.63) is 53.1 Å². The molecule has 0 saturated heterocycles. The van der Waals surface area contributed by atoms with E-state index in [-0.39, 0.29) is 6.10 Å². The average molecular weight is 276 g/mol. The molecule has 0 atom stereocenters. The summed E-state index contributed by atoms with van der Waals surface area (Å²) in [6.07, 6.45) is 0.184. The first-order chi connectivity index (χ1) is 9.10. The molecule has 100 valence electrons. The number of nitrogens with two attached hydrogens (primary N) is 1. The Bertz CT molecular complexity index is 549. The molecule has 0 aromatic heterocycles. The smallest absolute Gasteiger partial charge is 0.119 e. The number of hydrogen-bond acceptors (Lipinski definition) is 2. The van der Waals surface area contributed by atoms with Crippen LogP contribution in [0, 0.1) is 0 Å². The molecule has 0 bridgehead atoms. The second-order valence-electron chi connectivity index (χ2n) is 4.70. The molecule has 2 aromatic carbocycles. The van der Waals surface area contributed by atoms with E-state index in [1.807, 2.05) is 56.3 Å². The lowest BCUT2D eigenvalue weighted by Gasteiger charge is -2.10. The summed E-state index contributed by atoms with van der Waals surface area (Å²) in [5.74, 6) is 0.878. The zero-order valence-electron chi connectivity index (χ0n) is 11.2. The fourth-order valence-electron chi connectivity index (χ4n) is 1.89. The minimum Gasteiger partial charge on any atom is -0.491 e. The molecule has 0 unspecified atom stereocenters. The highest BCUT2D eigenvalue weighted by atomic mass is 35.5. The first-order valence-corrected chi connectivity index (χ1v) is 6.73. The predicted octanol–water partition coefficient (Wildman–Crippen LogP) is 4.25. The molecule has 0 amide bonds. The van der Waals surface area contributed by atoms with Gasteiger partial charge in [-0.1, -0.05) is 35.9 Å². The molecule has 0 saturated carbocycles. The summed E-state index contributed by atoms with van der Waals surface area (Å²) < 4.78 is 5.62. The van der Waals surface area contributed by atoms with Crippen LogP contribution in [0.3, 0.4) is 0 Å². The summed E-state index contributed by atoms with van der Waals surface area (Å²) in [4.78, 5) is 0. The van der Waals surface area contributed by atoms with Crippen molar-refractivity contribution >= 4 is 11.6 Å². The Morgan fingerprint density at radius 2 is 1.68 bits per heavy atom. The molecule has 0 aliphatic carbocycles.